The van der Waals surface area contributed by atoms with Gasteiger partial charge in [-0.15, -0.1) is 0 Å². The van der Waals surface area contributed by atoms with Crippen LogP contribution >= 0.6 is 0 Å². The number of hydrogen-bond acceptors (Lipinski definition) is 4. The van der Waals surface area contributed by atoms with Gasteiger partial charge in [-0.25, -0.2) is 12.8 Å². The highest BCUT2D eigenvalue weighted by Crippen LogP contribution is 2.19. The van der Waals surface area contributed by atoms with Crippen LogP contribution in [0.1, 0.15) is 15.9 Å². The van der Waals surface area contributed by atoms with E-state index >= 15 is 0 Å². The minimum absolute atomic E-state index is 0.0597. The summed E-state index contributed by atoms with van der Waals surface area (Å²) in [5.74, 6) is -0.0608. The molecule has 0 bridgehead atoms. The van der Waals surface area contributed by atoms with Crippen LogP contribution in [0.2, 0.25) is 0 Å². The van der Waals surface area contributed by atoms with Crippen LogP contribution in [-0.4, -0.2) is 33.4 Å². The maximum absolute atomic E-state index is 13.0. The van der Waals surface area contributed by atoms with Crippen molar-refractivity contribution < 1.29 is 22.3 Å². The van der Waals surface area contributed by atoms with E-state index in [1.54, 1.807) is 20.2 Å². The van der Waals surface area contributed by atoms with Gasteiger partial charge >= 0.3 is 0 Å². The molecule has 0 aliphatic rings. The molecule has 0 fully saturated rings. The number of ether oxygens (including phenoxy) is 1. The van der Waals surface area contributed by atoms with E-state index in [1.807, 2.05) is 24.3 Å². The van der Waals surface area contributed by atoms with Gasteiger partial charge in [-0.2, -0.15) is 0 Å². The van der Waals surface area contributed by atoms with E-state index in [4.69, 9.17) is 4.74 Å². The lowest BCUT2D eigenvalue weighted by Crippen LogP contribution is -2.26. The quantitative estimate of drug-likeness (QED) is 0.619. The van der Waals surface area contributed by atoms with Crippen molar-refractivity contribution in [1.82, 2.24) is 4.90 Å². The number of nitrogens with one attached hydrogen (secondary N) is 1. The van der Waals surface area contributed by atoms with Gasteiger partial charge in [0.1, 0.15) is 11.6 Å². The van der Waals surface area contributed by atoms with Crippen molar-refractivity contribution in [3.63, 3.8) is 0 Å². The highest BCUT2D eigenvalue weighted by Gasteiger charge is 2.18. The summed E-state index contributed by atoms with van der Waals surface area (Å²) < 4.78 is 45.8. The first-order valence-electron chi connectivity index (χ1n) is 9.05. The molecule has 1 N–H and O–H groups in total. The van der Waals surface area contributed by atoms with Crippen LogP contribution < -0.4 is 9.46 Å². The maximum atomic E-state index is 13.0. The third-order valence-corrected chi connectivity index (χ3v) is 5.79. The average Bonchev–Trinajstić information content (AvgIpc) is 2.75. The number of carbonyl (C=O) groups excluding carboxylic acids is 1. The molecule has 0 unspecified atom stereocenters. The van der Waals surface area contributed by atoms with Crippen molar-refractivity contribution in [1.29, 1.82) is 0 Å². The fourth-order valence-electron chi connectivity index (χ4n) is 2.83. The van der Waals surface area contributed by atoms with Gasteiger partial charge in [-0.05, 0) is 60.2 Å². The van der Waals surface area contributed by atoms with Gasteiger partial charge in [-0.3, -0.25) is 9.52 Å². The predicted octanol–water partition coefficient (Wildman–Crippen LogP) is 3.91. The second-order valence-corrected chi connectivity index (χ2v) is 8.33. The summed E-state index contributed by atoms with van der Waals surface area (Å²) in [5, 5.41) is 0. The molecule has 0 saturated carbocycles. The van der Waals surface area contributed by atoms with Crippen LogP contribution in [0.15, 0.2) is 77.7 Å². The molecule has 3 rings (SSSR count). The third-order valence-electron chi connectivity index (χ3n) is 4.41. The highest BCUT2D eigenvalue weighted by molar-refractivity contribution is 7.92. The van der Waals surface area contributed by atoms with E-state index in [0.717, 1.165) is 23.4 Å². The van der Waals surface area contributed by atoms with E-state index in [9.17, 15) is 17.6 Å². The topological polar surface area (TPSA) is 75.7 Å². The minimum atomic E-state index is -3.93. The summed E-state index contributed by atoms with van der Waals surface area (Å²) in [6.07, 6.45) is 0. The summed E-state index contributed by atoms with van der Waals surface area (Å²) in [6.45, 7) is 0.355. The zero-order chi connectivity index (χ0) is 21.7. The lowest BCUT2D eigenvalue weighted by atomic mass is 10.1. The van der Waals surface area contributed by atoms with Crippen molar-refractivity contribution in [2.24, 2.45) is 0 Å². The number of anilines is 1. The molecule has 156 valence electrons. The molecule has 3 aromatic rings. The van der Waals surface area contributed by atoms with Crippen LogP contribution in [0.25, 0.3) is 0 Å². The SMILES string of the molecule is COc1ccc(CN(C)C(=O)c2cccc(S(=O)(=O)Nc3ccc(F)cc3)c2)cc1. The van der Waals surface area contributed by atoms with Crippen LogP contribution in [0.5, 0.6) is 5.75 Å². The number of methoxy groups -OCH3 is 1. The van der Waals surface area contributed by atoms with E-state index in [1.165, 1.54) is 35.2 Å². The molecule has 0 saturated heterocycles. The lowest BCUT2D eigenvalue weighted by molar-refractivity contribution is 0.0785. The summed E-state index contributed by atoms with van der Waals surface area (Å²) in [4.78, 5) is 14.2. The van der Waals surface area contributed by atoms with E-state index in [-0.39, 0.29) is 22.1 Å². The summed E-state index contributed by atoms with van der Waals surface area (Å²) in [5.41, 5.74) is 1.38. The van der Waals surface area contributed by atoms with Crippen LogP contribution in [0, 0.1) is 5.82 Å². The van der Waals surface area contributed by atoms with E-state index in [2.05, 4.69) is 4.72 Å². The van der Waals surface area contributed by atoms with Crippen LogP contribution in [0.3, 0.4) is 0 Å². The molecular formula is C22H21FN2O4S. The van der Waals surface area contributed by atoms with Gasteiger partial charge < -0.3 is 9.64 Å². The fourth-order valence-corrected chi connectivity index (χ4v) is 3.93. The van der Waals surface area contributed by atoms with Gasteiger partial charge in [0.2, 0.25) is 0 Å². The van der Waals surface area contributed by atoms with Gasteiger partial charge in [0.25, 0.3) is 15.9 Å². The van der Waals surface area contributed by atoms with Crippen molar-refractivity contribution in [3.05, 3.63) is 89.7 Å². The third kappa shape index (κ3) is 5.15. The molecule has 3 aromatic carbocycles. The summed E-state index contributed by atoms with van der Waals surface area (Å²) >= 11 is 0. The van der Waals surface area contributed by atoms with E-state index < -0.39 is 15.8 Å². The van der Waals surface area contributed by atoms with Gasteiger partial charge in [-0.1, -0.05) is 18.2 Å². The molecule has 0 aliphatic heterocycles. The highest BCUT2D eigenvalue weighted by atomic mass is 32.2. The van der Waals surface area contributed by atoms with Crippen molar-refractivity contribution in [2.75, 3.05) is 18.9 Å². The first kappa shape index (κ1) is 21.3. The Balaban J connectivity index is 1.75. The Bertz CT molecular complexity index is 1130. The van der Waals surface area contributed by atoms with Gasteiger partial charge in [0.05, 0.1) is 12.0 Å². The van der Waals surface area contributed by atoms with Gasteiger partial charge in [0.15, 0.2) is 0 Å². The molecule has 30 heavy (non-hydrogen) atoms. The molecule has 1 amide bonds. The monoisotopic (exact) mass is 428 g/mol. The van der Waals surface area contributed by atoms with Gasteiger partial charge in [0, 0.05) is 24.8 Å². The van der Waals surface area contributed by atoms with Crippen molar-refractivity contribution in [2.45, 2.75) is 11.4 Å². The number of carbonyl (C=O) groups is 1. The predicted molar refractivity (Wildman–Crippen MR) is 112 cm³/mol. The van der Waals surface area contributed by atoms with Crippen molar-refractivity contribution in [3.8, 4) is 5.75 Å². The molecular weight excluding hydrogens is 407 g/mol. The largest absolute Gasteiger partial charge is 0.497 e. The summed E-state index contributed by atoms with van der Waals surface area (Å²) in [6, 6.07) is 18.1. The first-order chi connectivity index (χ1) is 14.3. The van der Waals surface area contributed by atoms with Crippen LogP contribution in [0.4, 0.5) is 10.1 Å². The normalized spacial score (nSPS) is 11.0. The van der Waals surface area contributed by atoms with E-state index in [0.29, 0.717) is 6.54 Å². The first-order valence-corrected chi connectivity index (χ1v) is 10.5. The fraction of sp³-hybridized carbons (Fsp3) is 0.136. The molecule has 0 radical (unpaired) electrons. The Labute approximate surface area is 175 Å². The zero-order valence-corrected chi connectivity index (χ0v) is 17.3. The average molecular weight is 428 g/mol. The number of nitrogens with zero attached hydrogens (tertiary/aromatic N) is 1. The van der Waals surface area contributed by atoms with Crippen molar-refractivity contribution >= 4 is 21.6 Å². The summed E-state index contributed by atoms with van der Waals surface area (Å²) in [7, 11) is -0.708. The maximum Gasteiger partial charge on any atom is 0.261 e. The molecule has 0 aromatic heterocycles. The number of benzene rings is 3. The molecule has 0 atom stereocenters. The molecule has 0 aliphatic carbocycles. The number of hydrogen-bond donors (Lipinski definition) is 1. The van der Waals surface area contributed by atoms with Crippen LogP contribution in [-0.2, 0) is 16.6 Å². The Kier molecular flexibility index (Phi) is 6.37. The Morgan fingerprint density at radius 1 is 1.03 bits per heavy atom. The lowest BCUT2D eigenvalue weighted by Gasteiger charge is -2.18. The smallest absolute Gasteiger partial charge is 0.261 e. The number of halogens is 1. The number of rotatable bonds is 7. The molecule has 0 spiro atoms. The molecule has 6 nitrogen and oxygen atoms in total. The second kappa shape index (κ2) is 8.96. The minimum Gasteiger partial charge on any atom is -0.497 e. The number of sulfonamides is 1. The second-order valence-electron chi connectivity index (χ2n) is 6.65. The molecule has 0 heterocycles. The zero-order valence-electron chi connectivity index (χ0n) is 16.5. The Hall–Kier alpha value is -3.39. The Morgan fingerprint density at radius 3 is 2.33 bits per heavy atom. The Morgan fingerprint density at radius 2 is 1.70 bits per heavy atom. The standard InChI is InChI=1S/C22H21FN2O4S/c1-25(15-16-6-12-20(29-2)13-7-16)22(26)17-4-3-5-21(14-17)30(27,28)24-19-10-8-18(23)9-11-19/h3-14,24H,15H2,1-2H3. The number of amides is 1. The molecule has 8 heteroatoms.